The fourth-order valence-corrected chi connectivity index (χ4v) is 10.4. The van der Waals surface area contributed by atoms with Gasteiger partial charge in [-0.15, -0.1) is 0 Å². The molecule has 2 fully saturated rings. The van der Waals surface area contributed by atoms with Crippen LogP contribution in [-0.2, 0) is 31.9 Å². The number of hydrogen-bond acceptors (Lipinski definition) is 8. The van der Waals surface area contributed by atoms with E-state index >= 15 is 0 Å². The highest BCUT2D eigenvalue weighted by molar-refractivity contribution is 5.88. The first-order valence-electron chi connectivity index (χ1n) is 25.1. The number of methoxy groups -OCH3 is 2. The molecular formula is C55H70N8O6. The van der Waals surface area contributed by atoms with Crippen LogP contribution in [0.2, 0.25) is 0 Å². The third-order valence-electron chi connectivity index (χ3n) is 15.2. The molecule has 2 aliphatic carbocycles. The van der Waals surface area contributed by atoms with Gasteiger partial charge in [-0.05, 0) is 139 Å². The smallest absolute Gasteiger partial charge is 0.407 e. The van der Waals surface area contributed by atoms with Gasteiger partial charge in [-0.25, -0.2) is 19.6 Å². The van der Waals surface area contributed by atoms with Crippen molar-refractivity contribution in [1.82, 2.24) is 40.4 Å². The van der Waals surface area contributed by atoms with E-state index in [4.69, 9.17) is 19.4 Å². The van der Waals surface area contributed by atoms with Crippen molar-refractivity contribution in [2.24, 2.45) is 17.8 Å². The van der Waals surface area contributed by atoms with Crippen LogP contribution < -0.4 is 10.6 Å². The monoisotopic (exact) mass is 939 g/mol. The van der Waals surface area contributed by atoms with Gasteiger partial charge in [-0.1, -0.05) is 89.9 Å². The fourth-order valence-electron chi connectivity index (χ4n) is 10.4. The van der Waals surface area contributed by atoms with E-state index in [-0.39, 0.29) is 35.7 Å². The number of aromatic nitrogens is 4. The maximum atomic E-state index is 14.0. The van der Waals surface area contributed by atoms with Gasteiger partial charge in [0, 0.05) is 13.1 Å². The first kappa shape index (κ1) is 49.0. The zero-order valence-electron chi connectivity index (χ0n) is 41.6. The number of nitrogens with zero attached hydrogens (tertiary/aromatic N) is 4. The Hall–Kier alpha value is -6.44. The molecule has 2 aliphatic heterocycles. The normalized spacial score (nSPS) is 21.5. The molecule has 3 aromatic carbocycles. The molecule has 0 saturated carbocycles. The van der Waals surface area contributed by atoms with Crippen molar-refractivity contribution in [3.63, 3.8) is 0 Å². The molecule has 14 heteroatoms. The summed E-state index contributed by atoms with van der Waals surface area (Å²) in [4.78, 5) is 73.4. The Morgan fingerprint density at radius 3 is 1.86 bits per heavy atom. The number of nitrogens with one attached hydrogen (secondary N) is 4. The summed E-state index contributed by atoms with van der Waals surface area (Å²) < 4.78 is 9.73. The van der Waals surface area contributed by atoms with Gasteiger partial charge in [0.2, 0.25) is 11.8 Å². The van der Waals surface area contributed by atoms with E-state index in [9.17, 15) is 19.2 Å². The van der Waals surface area contributed by atoms with Crippen LogP contribution in [0, 0.1) is 17.8 Å². The Morgan fingerprint density at radius 1 is 0.725 bits per heavy atom. The van der Waals surface area contributed by atoms with Crippen LogP contribution in [0.25, 0.3) is 38.8 Å². The van der Waals surface area contributed by atoms with E-state index < -0.39 is 24.3 Å². The van der Waals surface area contributed by atoms with Crippen LogP contribution in [0.5, 0.6) is 0 Å². The Bertz CT molecular complexity index is 2750. The lowest BCUT2D eigenvalue weighted by Gasteiger charge is -2.30. The number of likely N-dealkylation sites (tertiary alicyclic amines) is 2. The first-order valence-corrected chi connectivity index (χ1v) is 25.1. The number of rotatable bonds is 12. The third-order valence-corrected chi connectivity index (χ3v) is 15.2. The van der Waals surface area contributed by atoms with E-state index in [1.165, 1.54) is 42.1 Å². The lowest BCUT2D eigenvalue weighted by Crippen LogP contribution is -2.51. The highest BCUT2D eigenvalue weighted by Gasteiger charge is 2.40. The van der Waals surface area contributed by atoms with Gasteiger partial charge in [-0.3, -0.25) is 9.59 Å². The van der Waals surface area contributed by atoms with Crippen molar-refractivity contribution in [2.75, 3.05) is 27.3 Å². The largest absolute Gasteiger partial charge is 0.453 e. The van der Waals surface area contributed by atoms with Gasteiger partial charge >= 0.3 is 12.2 Å². The average Bonchev–Trinajstić information content (AvgIpc) is 4.21. The predicted octanol–water partition coefficient (Wildman–Crippen LogP) is 10.5. The number of aryl methyl sites for hydroxylation is 2. The molecule has 9 rings (SSSR count). The molecule has 69 heavy (non-hydrogen) atoms. The molecule has 4 N–H and O–H groups in total. The van der Waals surface area contributed by atoms with Crippen LogP contribution in [0.15, 0.2) is 72.3 Å². The van der Waals surface area contributed by atoms with Crippen LogP contribution >= 0.6 is 0 Å². The van der Waals surface area contributed by atoms with Gasteiger partial charge in [0.1, 0.15) is 23.7 Å². The molecule has 4 amide bonds. The third kappa shape index (κ3) is 10.6. The summed E-state index contributed by atoms with van der Waals surface area (Å²) in [5, 5.41) is 5.58. The Balaban J connectivity index is 1.02. The van der Waals surface area contributed by atoms with Crippen molar-refractivity contribution in [2.45, 2.75) is 130 Å². The van der Waals surface area contributed by atoms with E-state index in [0.717, 1.165) is 109 Å². The van der Waals surface area contributed by atoms with Crippen molar-refractivity contribution >= 4 is 51.6 Å². The highest BCUT2D eigenvalue weighted by atomic mass is 16.5. The topological polar surface area (TPSA) is 175 Å². The number of allylic oxidation sites excluding steroid dienone is 4. The van der Waals surface area contributed by atoms with E-state index in [0.29, 0.717) is 19.0 Å². The van der Waals surface area contributed by atoms with Crippen molar-refractivity contribution in [3.8, 4) is 11.1 Å². The second kappa shape index (κ2) is 21.5. The SMILES string of the molecule is CC[C@H](C)[C@H](NC(=O)OC)C(=O)N1CCC[C@H]1c1nc2ccc(/C(C)=C3/C=C\[C@H](C)CCc4ccc(cc4-c4ccc5nc([C@@H]6CCCN6C(=O)[C@@H](NC(=O)OC)[C@@H](C)CC)[nH]c5c4)CC3)cc2[nH]1. The zero-order valence-corrected chi connectivity index (χ0v) is 41.6. The first-order chi connectivity index (χ1) is 33.3. The summed E-state index contributed by atoms with van der Waals surface area (Å²) in [5.41, 5.74) is 12.1. The molecule has 2 bridgehead atoms. The summed E-state index contributed by atoms with van der Waals surface area (Å²) in [5.74, 6) is 1.55. The van der Waals surface area contributed by atoms with Crippen molar-refractivity contribution in [3.05, 3.63) is 101 Å². The number of H-pyrrole nitrogens is 2. The molecule has 0 spiro atoms. The molecular weight excluding hydrogens is 869 g/mol. The molecule has 4 aliphatic rings. The van der Waals surface area contributed by atoms with Gasteiger partial charge in [0.05, 0.1) is 48.4 Å². The molecule has 2 aromatic heterocycles. The Kier molecular flexibility index (Phi) is 15.2. The van der Waals surface area contributed by atoms with Crippen LogP contribution in [0.3, 0.4) is 0 Å². The molecule has 5 aromatic rings. The Labute approximate surface area is 406 Å². The lowest BCUT2D eigenvalue weighted by atomic mass is 9.88. The van der Waals surface area contributed by atoms with Gasteiger partial charge in [-0.2, -0.15) is 0 Å². The molecule has 7 atom stereocenters. The van der Waals surface area contributed by atoms with Crippen LogP contribution in [-0.4, -0.2) is 93.1 Å². The fraction of sp³-hybridized carbons (Fsp3) is 0.491. The zero-order chi connectivity index (χ0) is 48.9. The summed E-state index contributed by atoms with van der Waals surface area (Å²) in [7, 11) is 2.63. The number of benzene rings is 3. The molecule has 366 valence electrons. The number of fused-ring (bicyclic) bond motifs is 10. The lowest BCUT2D eigenvalue weighted by molar-refractivity contribution is -0.136. The minimum Gasteiger partial charge on any atom is -0.453 e. The summed E-state index contributed by atoms with van der Waals surface area (Å²) in [6, 6.07) is 18.0. The average molecular weight is 939 g/mol. The maximum Gasteiger partial charge on any atom is 0.407 e. The Morgan fingerprint density at radius 2 is 1.29 bits per heavy atom. The molecule has 14 nitrogen and oxygen atoms in total. The summed E-state index contributed by atoms with van der Waals surface area (Å²) in [6.45, 7) is 13.7. The molecule has 4 heterocycles. The summed E-state index contributed by atoms with van der Waals surface area (Å²) in [6.07, 6.45) is 11.9. The number of carbonyl (C=O) groups is 4. The number of hydrogen-bond donors (Lipinski definition) is 4. The van der Waals surface area contributed by atoms with E-state index in [1.54, 1.807) is 0 Å². The standard InChI is InChI=1S/C55H70N8O6/c1-9-33(4)48(60-54(66)68-7)52(64)62-27-11-13-46(62)50-56-42-25-23-39(30-44(42)58-50)35(6)37-19-15-32(3)16-20-38-22-18-36(17-21-37)29-41(38)40-24-26-43-45(31-40)59-51(57-43)47-14-12-28-63(47)53(65)49(34(5)10-2)61-55(67)69-8/h15,18-19,22-26,29-34,46-49H,9-14,16-17,20-21,27-28H2,1-8H3,(H,56,58)(H,57,59)(H,60,66)(H,61,67)/b19-15-,37-35-/t32-,33-,34-,46-,47-,48-,49-/m0/s1. The summed E-state index contributed by atoms with van der Waals surface area (Å²) >= 11 is 0. The van der Waals surface area contributed by atoms with Gasteiger partial charge in [0.25, 0.3) is 0 Å². The molecule has 2 saturated heterocycles. The molecule has 0 radical (unpaired) electrons. The van der Waals surface area contributed by atoms with Crippen molar-refractivity contribution in [1.29, 1.82) is 0 Å². The van der Waals surface area contributed by atoms with Gasteiger partial charge in [0.15, 0.2) is 0 Å². The number of ether oxygens (including phenoxy) is 2. The predicted molar refractivity (Wildman–Crippen MR) is 270 cm³/mol. The number of aromatic amines is 2. The number of imidazole rings is 2. The highest BCUT2D eigenvalue weighted by Crippen LogP contribution is 2.37. The van der Waals surface area contributed by atoms with Gasteiger partial charge < -0.3 is 39.9 Å². The number of alkyl carbamates (subject to hydrolysis) is 2. The van der Waals surface area contributed by atoms with Crippen molar-refractivity contribution < 1.29 is 28.7 Å². The second-order valence-electron chi connectivity index (χ2n) is 19.6. The minimum atomic E-state index is -0.679. The van der Waals surface area contributed by atoms with E-state index in [1.807, 2.05) is 37.5 Å². The quantitative estimate of drug-likeness (QED) is 0.0956. The van der Waals surface area contributed by atoms with Crippen LogP contribution in [0.4, 0.5) is 9.59 Å². The number of carbonyl (C=O) groups excluding carboxylic acids is 4. The maximum absolute atomic E-state index is 14.0. The van der Waals surface area contributed by atoms with E-state index in [2.05, 4.69) is 101 Å². The second-order valence-corrected chi connectivity index (χ2v) is 19.6. The number of amides is 4. The van der Waals surface area contributed by atoms with Crippen LogP contribution in [0.1, 0.15) is 133 Å². The molecule has 0 unspecified atom stereocenters. The minimum absolute atomic E-state index is 0.0576.